The first-order valence-corrected chi connectivity index (χ1v) is 8.90. The summed E-state index contributed by atoms with van der Waals surface area (Å²) in [6, 6.07) is 3.34. The Labute approximate surface area is 108 Å². The summed E-state index contributed by atoms with van der Waals surface area (Å²) in [5, 5.41) is 1.75. The monoisotopic (exact) mass is 293 g/mol. The van der Waals surface area contributed by atoms with Crippen molar-refractivity contribution in [1.82, 2.24) is 4.31 Å². The van der Waals surface area contributed by atoms with Crippen LogP contribution in [0.4, 0.5) is 0 Å². The second-order valence-electron chi connectivity index (χ2n) is 4.58. The minimum atomic E-state index is -3.40. The van der Waals surface area contributed by atoms with Crippen LogP contribution in [-0.2, 0) is 20.8 Å². The Bertz CT molecular complexity index is 519. The first kappa shape index (κ1) is 13.2. The SMILES string of the molecule is CC1(C)CN(S(=O)(=O)c2cccs2)CCS1=O. The summed E-state index contributed by atoms with van der Waals surface area (Å²) in [5.41, 5.74) is 0. The summed E-state index contributed by atoms with van der Waals surface area (Å²) in [6.07, 6.45) is 0. The van der Waals surface area contributed by atoms with E-state index in [1.165, 1.54) is 15.6 Å². The maximum absolute atomic E-state index is 12.3. The minimum Gasteiger partial charge on any atom is -0.259 e. The molecule has 0 saturated carbocycles. The van der Waals surface area contributed by atoms with Gasteiger partial charge < -0.3 is 0 Å². The molecule has 0 aromatic carbocycles. The highest BCUT2D eigenvalue weighted by Gasteiger charge is 2.39. The maximum atomic E-state index is 12.3. The van der Waals surface area contributed by atoms with E-state index in [0.29, 0.717) is 23.1 Å². The van der Waals surface area contributed by atoms with Crippen molar-refractivity contribution in [2.75, 3.05) is 18.8 Å². The summed E-state index contributed by atoms with van der Waals surface area (Å²) in [5.74, 6) is 0.414. The molecule has 1 aliphatic rings. The molecule has 96 valence electrons. The van der Waals surface area contributed by atoms with Gasteiger partial charge in [0.05, 0.1) is 4.75 Å². The van der Waals surface area contributed by atoms with Crippen LogP contribution < -0.4 is 0 Å². The third-order valence-corrected chi connectivity index (χ3v) is 7.92. The molecule has 0 amide bonds. The topological polar surface area (TPSA) is 54.5 Å². The van der Waals surface area contributed by atoms with Crippen LogP contribution in [0.1, 0.15) is 13.8 Å². The van der Waals surface area contributed by atoms with Crippen LogP contribution in [0.3, 0.4) is 0 Å². The lowest BCUT2D eigenvalue weighted by Crippen LogP contribution is -2.51. The minimum absolute atomic E-state index is 0.319. The van der Waals surface area contributed by atoms with E-state index in [1.807, 2.05) is 13.8 Å². The normalized spacial score (nSPS) is 25.9. The van der Waals surface area contributed by atoms with Crippen LogP contribution >= 0.6 is 11.3 Å². The molecule has 0 N–H and O–H groups in total. The van der Waals surface area contributed by atoms with E-state index in [2.05, 4.69) is 0 Å². The molecule has 1 saturated heterocycles. The summed E-state index contributed by atoms with van der Waals surface area (Å²) in [4.78, 5) is 0. The average Bonchev–Trinajstić information content (AvgIpc) is 2.75. The number of hydrogen-bond acceptors (Lipinski definition) is 4. The van der Waals surface area contributed by atoms with Crippen LogP contribution in [-0.4, -0.2) is 40.5 Å². The molecular weight excluding hydrogens is 278 g/mol. The standard InChI is InChI=1S/C10H15NO3S3/c1-10(2)8-11(5-7-16(10)12)17(13,14)9-4-3-6-15-9/h3-4,6H,5,7-8H2,1-2H3. The number of sulfonamides is 1. The first-order valence-electron chi connectivity index (χ1n) is 5.26. The van der Waals surface area contributed by atoms with E-state index in [9.17, 15) is 12.6 Å². The Balaban J connectivity index is 2.28. The lowest BCUT2D eigenvalue weighted by molar-refractivity contribution is 0.379. The molecule has 1 aromatic rings. The molecular formula is C10H15NO3S3. The Morgan fingerprint density at radius 1 is 1.47 bits per heavy atom. The zero-order chi connectivity index (χ0) is 12.7. The second kappa shape index (κ2) is 4.46. The van der Waals surface area contributed by atoms with Gasteiger partial charge in [-0.25, -0.2) is 8.42 Å². The predicted molar refractivity (Wildman–Crippen MR) is 70.2 cm³/mol. The molecule has 1 aliphatic heterocycles. The largest absolute Gasteiger partial charge is 0.259 e. The summed E-state index contributed by atoms with van der Waals surface area (Å²) in [6.45, 7) is 4.36. The molecule has 7 heteroatoms. The Hall–Kier alpha value is -0.240. The van der Waals surface area contributed by atoms with Crippen molar-refractivity contribution in [3.8, 4) is 0 Å². The zero-order valence-corrected chi connectivity index (χ0v) is 12.2. The highest BCUT2D eigenvalue weighted by molar-refractivity contribution is 7.91. The van der Waals surface area contributed by atoms with Gasteiger partial charge in [0.15, 0.2) is 0 Å². The van der Waals surface area contributed by atoms with Gasteiger partial charge in [0.1, 0.15) is 4.21 Å². The number of thiophene rings is 1. The van der Waals surface area contributed by atoms with Crippen molar-refractivity contribution in [1.29, 1.82) is 0 Å². The van der Waals surface area contributed by atoms with Crippen molar-refractivity contribution in [2.24, 2.45) is 0 Å². The van der Waals surface area contributed by atoms with Gasteiger partial charge in [-0.2, -0.15) is 4.31 Å². The van der Waals surface area contributed by atoms with Gasteiger partial charge >= 0.3 is 0 Å². The average molecular weight is 293 g/mol. The van der Waals surface area contributed by atoms with E-state index in [4.69, 9.17) is 0 Å². The first-order chi connectivity index (χ1) is 7.84. The number of nitrogens with zero attached hydrogens (tertiary/aromatic N) is 1. The van der Waals surface area contributed by atoms with Crippen molar-refractivity contribution in [2.45, 2.75) is 22.8 Å². The van der Waals surface area contributed by atoms with E-state index >= 15 is 0 Å². The number of hydrogen-bond donors (Lipinski definition) is 0. The van der Waals surface area contributed by atoms with Crippen LogP contribution in [0, 0.1) is 0 Å². The van der Waals surface area contributed by atoms with Gasteiger partial charge in [-0.3, -0.25) is 4.21 Å². The van der Waals surface area contributed by atoms with E-state index in [0.717, 1.165) is 0 Å². The molecule has 0 spiro atoms. The molecule has 1 atom stereocenters. The summed E-state index contributed by atoms with van der Waals surface area (Å²) < 4.78 is 37.7. The second-order valence-corrected chi connectivity index (χ2v) is 9.90. The van der Waals surface area contributed by atoms with E-state index in [-0.39, 0.29) is 0 Å². The Morgan fingerprint density at radius 2 is 2.18 bits per heavy atom. The molecule has 1 unspecified atom stereocenters. The lowest BCUT2D eigenvalue weighted by Gasteiger charge is -2.36. The third-order valence-electron chi connectivity index (χ3n) is 2.79. The number of rotatable bonds is 2. The van der Waals surface area contributed by atoms with Crippen molar-refractivity contribution < 1.29 is 12.6 Å². The molecule has 0 bridgehead atoms. The molecule has 2 rings (SSSR count). The third kappa shape index (κ3) is 2.47. The fraction of sp³-hybridized carbons (Fsp3) is 0.600. The lowest BCUT2D eigenvalue weighted by atomic mass is 10.2. The molecule has 0 radical (unpaired) electrons. The predicted octanol–water partition coefficient (Wildman–Crippen LogP) is 1.28. The molecule has 1 fully saturated rings. The van der Waals surface area contributed by atoms with Crippen molar-refractivity contribution >= 4 is 32.2 Å². The fourth-order valence-corrected chi connectivity index (χ4v) is 5.96. The molecule has 4 nitrogen and oxygen atoms in total. The quantitative estimate of drug-likeness (QED) is 0.825. The van der Waals surface area contributed by atoms with Gasteiger partial charge in [-0.05, 0) is 25.3 Å². The zero-order valence-electron chi connectivity index (χ0n) is 9.75. The summed E-state index contributed by atoms with van der Waals surface area (Å²) in [7, 11) is -4.35. The van der Waals surface area contributed by atoms with Crippen molar-refractivity contribution in [3.63, 3.8) is 0 Å². The molecule has 2 heterocycles. The van der Waals surface area contributed by atoms with Crippen LogP contribution in [0.2, 0.25) is 0 Å². The Kier molecular flexibility index (Phi) is 3.46. The van der Waals surface area contributed by atoms with Gasteiger partial charge in [-0.1, -0.05) is 6.07 Å². The maximum Gasteiger partial charge on any atom is 0.252 e. The van der Waals surface area contributed by atoms with E-state index in [1.54, 1.807) is 17.5 Å². The molecule has 17 heavy (non-hydrogen) atoms. The van der Waals surface area contributed by atoms with Crippen LogP contribution in [0.25, 0.3) is 0 Å². The van der Waals surface area contributed by atoms with Crippen LogP contribution in [0.15, 0.2) is 21.7 Å². The van der Waals surface area contributed by atoms with Gasteiger partial charge in [0.2, 0.25) is 0 Å². The van der Waals surface area contributed by atoms with E-state index < -0.39 is 25.6 Å². The smallest absolute Gasteiger partial charge is 0.252 e. The Morgan fingerprint density at radius 3 is 2.71 bits per heavy atom. The highest BCUT2D eigenvalue weighted by atomic mass is 32.2. The van der Waals surface area contributed by atoms with Crippen LogP contribution in [0.5, 0.6) is 0 Å². The van der Waals surface area contributed by atoms with Gasteiger partial charge in [-0.15, -0.1) is 11.3 Å². The van der Waals surface area contributed by atoms with Gasteiger partial charge in [0, 0.05) is 29.6 Å². The van der Waals surface area contributed by atoms with Crippen molar-refractivity contribution in [3.05, 3.63) is 17.5 Å². The molecule has 1 aromatic heterocycles. The fourth-order valence-electron chi connectivity index (χ4n) is 1.78. The highest BCUT2D eigenvalue weighted by Crippen LogP contribution is 2.27. The summed E-state index contributed by atoms with van der Waals surface area (Å²) >= 11 is 1.22. The van der Waals surface area contributed by atoms with Gasteiger partial charge in [0.25, 0.3) is 10.0 Å². The molecule has 0 aliphatic carbocycles.